The van der Waals surface area contributed by atoms with E-state index in [4.69, 9.17) is 23.2 Å². The molecule has 0 aliphatic heterocycles. The lowest BCUT2D eigenvalue weighted by Crippen LogP contribution is -2.15. The zero-order valence-corrected chi connectivity index (χ0v) is 12.0. The van der Waals surface area contributed by atoms with Crippen LogP contribution in [0.2, 0.25) is 10.0 Å². The first-order valence-corrected chi connectivity index (χ1v) is 6.75. The summed E-state index contributed by atoms with van der Waals surface area (Å²) in [6.07, 6.45) is 0. The van der Waals surface area contributed by atoms with E-state index in [1.165, 1.54) is 5.56 Å². The van der Waals surface area contributed by atoms with Crippen LogP contribution < -0.4 is 5.32 Å². The van der Waals surface area contributed by atoms with Crippen molar-refractivity contribution < 1.29 is 5.11 Å². The largest absolute Gasteiger partial charge is 0.394 e. The molecular weight excluding hydrogens is 281 g/mol. The minimum Gasteiger partial charge on any atom is -0.394 e. The number of nitrogens with one attached hydrogen (secondary N) is 1. The summed E-state index contributed by atoms with van der Waals surface area (Å²) in [6.45, 7) is 1.97. The summed E-state index contributed by atoms with van der Waals surface area (Å²) < 4.78 is 0. The van der Waals surface area contributed by atoms with Gasteiger partial charge in [-0.2, -0.15) is 0 Å². The molecule has 2 rings (SSSR count). The topological polar surface area (TPSA) is 32.3 Å². The molecule has 0 radical (unpaired) electrons. The van der Waals surface area contributed by atoms with Gasteiger partial charge in [0.25, 0.3) is 0 Å². The third kappa shape index (κ3) is 3.41. The van der Waals surface area contributed by atoms with Crippen molar-refractivity contribution in [3.8, 4) is 0 Å². The summed E-state index contributed by atoms with van der Waals surface area (Å²) in [5.41, 5.74) is 2.91. The molecule has 0 saturated carbocycles. The van der Waals surface area contributed by atoms with Crippen LogP contribution in [0, 0.1) is 6.92 Å². The summed E-state index contributed by atoms with van der Waals surface area (Å²) >= 11 is 12.2. The van der Waals surface area contributed by atoms with Gasteiger partial charge in [-0.1, -0.05) is 53.0 Å². The van der Waals surface area contributed by atoms with Gasteiger partial charge in [-0.15, -0.1) is 0 Å². The van der Waals surface area contributed by atoms with Crippen molar-refractivity contribution in [2.24, 2.45) is 0 Å². The van der Waals surface area contributed by atoms with Gasteiger partial charge in [0.15, 0.2) is 0 Å². The Labute approximate surface area is 123 Å². The summed E-state index contributed by atoms with van der Waals surface area (Å²) in [4.78, 5) is 0. The standard InChI is InChI=1S/C15H15Cl2NO/c1-10-5-7-11(8-6-10)18-14(9-19)12-3-2-4-13(16)15(12)17/h2-8,14,18-19H,9H2,1H3. The van der Waals surface area contributed by atoms with Crippen LogP contribution in [-0.2, 0) is 0 Å². The monoisotopic (exact) mass is 295 g/mol. The van der Waals surface area contributed by atoms with Crippen LogP contribution in [0.25, 0.3) is 0 Å². The molecule has 0 bridgehead atoms. The number of benzene rings is 2. The number of aryl methyl sites for hydroxylation is 1. The summed E-state index contributed by atoms with van der Waals surface area (Å²) in [7, 11) is 0. The molecule has 0 fully saturated rings. The van der Waals surface area contributed by atoms with Crippen LogP contribution in [0.1, 0.15) is 17.2 Å². The summed E-state index contributed by atoms with van der Waals surface area (Å²) in [5, 5.41) is 13.8. The average molecular weight is 296 g/mol. The van der Waals surface area contributed by atoms with Gasteiger partial charge >= 0.3 is 0 Å². The molecule has 100 valence electrons. The zero-order chi connectivity index (χ0) is 13.8. The van der Waals surface area contributed by atoms with Crippen molar-refractivity contribution in [1.29, 1.82) is 0 Å². The van der Waals surface area contributed by atoms with Crippen LogP contribution in [0.15, 0.2) is 42.5 Å². The van der Waals surface area contributed by atoms with E-state index in [-0.39, 0.29) is 12.6 Å². The van der Waals surface area contributed by atoms with E-state index < -0.39 is 0 Å². The van der Waals surface area contributed by atoms with Gasteiger partial charge in [0.1, 0.15) is 0 Å². The molecule has 0 aliphatic carbocycles. The highest BCUT2D eigenvalue weighted by molar-refractivity contribution is 6.42. The Bertz CT molecular complexity index is 555. The Morgan fingerprint density at radius 3 is 2.42 bits per heavy atom. The third-order valence-corrected chi connectivity index (χ3v) is 3.77. The van der Waals surface area contributed by atoms with Gasteiger partial charge < -0.3 is 10.4 Å². The fraction of sp³-hybridized carbons (Fsp3) is 0.200. The molecule has 1 atom stereocenters. The maximum Gasteiger partial charge on any atom is 0.0759 e. The fourth-order valence-corrected chi connectivity index (χ4v) is 2.30. The molecule has 0 saturated heterocycles. The van der Waals surface area contributed by atoms with E-state index in [0.29, 0.717) is 10.0 Å². The molecule has 0 spiro atoms. The van der Waals surface area contributed by atoms with Gasteiger partial charge in [0.2, 0.25) is 0 Å². The predicted molar refractivity (Wildman–Crippen MR) is 81.1 cm³/mol. The van der Waals surface area contributed by atoms with Gasteiger partial charge in [0.05, 0.1) is 22.7 Å². The molecule has 2 N–H and O–H groups in total. The van der Waals surface area contributed by atoms with Gasteiger partial charge in [-0.3, -0.25) is 0 Å². The number of hydrogen-bond donors (Lipinski definition) is 2. The number of anilines is 1. The van der Waals surface area contributed by atoms with E-state index >= 15 is 0 Å². The molecule has 4 heteroatoms. The van der Waals surface area contributed by atoms with Crippen molar-refractivity contribution in [1.82, 2.24) is 0 Å². The first-order valence-electron chi connectivity index (χ1n) is 6.00. The quantitative estimate of drug-likeness (QED) is 0.873. The lowest BCUT2D eigenvalue weighted by molar-refractivity contribution is 0.276. The second-order valence-electron chi connectivity index (χ2n) is 4.39. The molecule has 2 aromatic rings. The Hall–Kier alpha value is -1.22. The number of aliphatic hydroxyl groups excluding tert-OH is 1. The summed E-state index contributed by atoms with van der Waals surface area (Å²) in [5.74, 6) is 0. The lowest BCUT2D eigenvalue weighted by Gasteiger charge is -2.19. The second kappa shape index (κ2) is 6.29. The van der Waals surface area contributed by atoms with E-state index in [0.717, 1.165) is 11.3 Å². The van der Waals surface area contributed by atoms with Crippen molar-refractivity contribution in [3.63, 3.8) is 0 Å². The normalized spacial score (nSPS) is 12.2. The Morgan fingerprint density at radius 1 is 1.11 bits per heavy atom. The highest BCUT2D eigenvalue weighted by Gasteiger charge is 2.15. The fourth-order valence-electron chi connectivity index (χ4n) is 1.86. The van der Waals surface area contributed by atoms with Gasteiger partial charge in [-0.05, 0) is 30.7 Å². The average Bonchev–Trinajstić information content (AvgIpc) is 2.42. The van der Waals surface area contributed by atoms with Crippen molar-refractivity contribution in [3.05, 3.63) is 63.6 Å². The Morgan fingerprint density at radius 2 is 1.79 bits per heavy atom. The minimum absolute atomic E-state index is 0.0616. The molecule has 0 aromatic heterocycles. The van der Waals surface area contributed by atoms with Crippen molar-refractivity contribution in [2.75, 3.05) is 11.9 Å². The van der Waals surface area contributed by atoms with Crippen LogP contribution in [0.5, 0.6) is 0 Å². The SMILES string of the molecule is Cc1ccc(NC(CO)c2cccc(Cl)c2Cl)cc1. The second-order valence-corrected chi connectivity index (χ2v) is 5.17. The predicted octanol–water partition coefficient (Wildman–Crippen LogP) is 4.45. The number of rotatable bonds is 4. The molecule has 2 nitrogen and oxygen atoms in total. The van der Waals surface area contributed by atoms with E-state index in [1.54, 1.807) is 6.07 Å². The Balaban J connectivity index is 2.25. The highest BCUT2D eigenvalue weighted by atomic mass is 35.5. The molecule has 1 unspecified atom stereocenters. The molecule has 2 aromatic carbocycles. The van der Waals surface area contributed by atoms with E-state index in [2.05, 4.69) is 5.32 Å². The van der Waals surface area contributed by atoms with Crippen molar-refractivity contribution >= 4 is 28.9 Å². The van der Waals surface area contributed by atoms with Gasteiger partial charge in [0, 0.05) is 5.69 Å². The Kier molecular flexibility index (Phi) is 4.70. The number of hydrogen-bond acceptors (Lipinski definition) is 2. The van der Waals surface area contributed by atoms with Crippen LogP contribution in [0.4, 0.5) is 5.69 Å². The van der Waals surface area contributed by atoms with E-state index in [1.807, 2.05) is 43.3 Å². The number of aliphatic hydroxyl groups is 1. The lowest BCUT2D eigenvalue weighted by atomic mass is 10.1. The van der Waals surface area contributed by atoms with Gasteiger partial charge in [-0.25, -0.2) is 0 Å². The minimum atomic E-state index is -0.283. The number of halogens is 2. The molecular formula is C15H15Cl2NO. The van der Waals surface area contributed by atoms with E-state index in [9.17, 15) is 5.11 Å². The maximum atomic E-state index is 9.55. The van der Waals surface area contributed by atoms with Crippen LogP contribution >= 0.6 is 23.2 Å². The maximum absolute atomic E-state index is 9.55. The third-order valence-electron chi connectivity index (χ3n) is 2.93. The molecule has 0 aliphatic rings. The zero-order valence-electron chi connectivity index (χ0n) is 10.5. The highest BCUT2D eigenvalue weighted by Crippen LogP contribution is 2.31. The van der Waals surface area contributed by atoms with Crippen LogP contribution in [0.3, 0.4) is 0 Å². The first kappa shape index (κ1) is 14.2. The molecule has 0 amide bonds. The molecule has 0 heterocycles. The van der Waals surface area contributed by atoms with Crippen molar-refractivity contribution in [2.45, 2.75) is 13.0 Å². The van der Waals surface area contributed by atoms with Crippen LogP contribution in [-0.4, -0.2) is 11.7 Å². The first-order chi connectivity index (χ1) is 9.11. The summed E-state index contributed by atoms with van der Waals surface area (Å²) in [6, 6.07) is 13.1. The molecule has 19 heavy (non-hydrogen) atoms. The smallest absolute Gasteiger partial charge is 0.0759 e.